The van der Waals surface area contributed by atoms with E-state index in [1.54, 1.807) is 0 Å². The van der Waals surface area contributed by atoms with Crippen molar-refractivity contribution in [3.63, 3.8) is 0 Å². The molecule has 4 heteroatoms. The maximum absolute atomic E-state index is 4.76. The molecular weight excluding hydrogens is 236 g/mol. The van der Waals surface area contributed by atoms with E-state index in [4.69, 9.17) is 4.98 Å². The largest absolute Gasteiger partial charge is 0.325 e. The van der Waals surface area contributed by atoms with E-state index in [0.717, 1.165) is 24.9 Å². The van der Waals surface area contributed by atoms with Gasteiger partial charge in [-0.2, -0.15) is 0 Å². The number of nitrogens with zero attached hydrogens (tertiary/aromatic N) is 3. The van der Waals surface area contributed by atoms with E-state index in [0.29, 0.717) is 12.1 Å². The van der Waals surface area contributed by atoms with Crippen molar-refractivity contribution in [2.24, 2.45) is 0 Å². The Bertz CT molecular complexity index is 554. The Morgan fingerprint density at radius 2 is 2.26 bits per heavy atom. The molecule has 102 valence electrons. The van der Waals surface area contributed by atoms with Crippen LogP contribution in [0.1, 0.15) is 45.0 Å². The fraction of sp³-hybridized carbons (Fsp3) is 0.600. The molecule has 1 fully saturated rings. The summed E-state index contributed by atoms with van der Waals surface area (Å²) in [6.45, 7) is 5.43. The van der Waals surface area contributed by atoms with E-state index in [9.17, 15) is 0 Å². The second-order valence-electron chi connectivity index (χ2n) is 5.71. The third-order valence-corrected chi connectivity index (χ3v) is 3.61. The number of aromatic nitrogens is 3. The Kier molecular flexibility index (Phi) is 3.51. The molecule has 4 nitrogen and oxygen atoms in total. The number of imidazole rings is 1. The zero-order valence-electron chi connectivity index (χ0n) is 11.8. The lowest BCUT2D eigenvalue weighted by Crippen LogP contribution is -2.24. The number of hydrogen-bond acceptors (Lipinski definition) is 3. The van der Waals surface area contributed by atoms with Crippen LogP contribution >= 0.6 is 0 Å². The maximum atomic E-state index is 4.76. The molecule has 19 heavy (non-hydrogen) atoms. The van der Waals surface area contributed by atoms with Crippen molar-refractivity contribution in [2.75, 3.05) is 6.54 Å². The fourth-order valence-corrected chi connectivity index (χ4v) is 2.55. The van der Waals surface area contributed by atoms with Crippen molar-refractivity contribution in [2.45, 2.75) is 51.6 Å². The van der Waals surface area contributed by atoms with Gasteiger partial charge in [-0.25, -0.2) is 4.98 Å². The minimum atomic E-state index is 0.562. The molecule has 0 aliphatic heterocycles. The molecule has 0 unspecified atom stereocenters. The van der Waals surface area contributed by atoms with Crippen LogP contribution < -0.4 is 5.32 Å². The molecule has 2 aromatic heterocycles. The Balaban J connectivity index is 1.76. The molecular formula is C15H22N4. The van der Waals surface area contributed by atoms with Gasteiger partial charge < -0.3 is 9.88 Å². The van der Waals surface area contributed by atoms with Crippen molar-refractivity contribution >= 4 is 11.0 Å². The van der Waals surface area contributed by atoms with Crippen molar-refractivity contribution in [3.8, 4) is 0 Å². The van der Waals surface area contributed by atoms with E-state index >= 15 is 0 Å². The average molecular weight is 258 g/mol. The van der Waals surface area contributed by atoms with Crippen LogP contribution in [0.25, 0.3) is 11.0 Å². The quantitative estimate of drug-likeness (QED) is 0.810. The number of nitrogens with one attached hydrogen (secondary N) is 1. The summed E-state index contributed by atoms with van der Waals surface area (Å²) in [5.74, 6) is 1.23. The molecule has 3 rings (SSSR count). The first kappa shape index (κ1) is 12.6. The molecule has 2 aromatic rings. The van der Waals surface area contributed by atoms with Gasteiger partial charge in [0.2, 0.25) is 0 Å². The monoisotopic (exact) mass is 258 g/mol. The van der Waals surface area contributed by atoms with E-state index in [1.165, 1.54) is 24.2 Å². The van der Waals surface area contributed by atoms with E-state index in [2.05, 4.69) is 34.8 Å². The highest BCUT2D eigenvalue weighted by Gasteiger charge is 2.27. The summed E-state index contributed by atoms with van der Waals surface area (Å²) in [5.41, 5.74) is 2.30. The van der Waals surface area contributed by atoms with Crippen LogP contribution in [-0.2, 0) is 6.42 Å². The molecule has 0 bridgehead atoms. The number of fused-ring (bicyclic) bond motifs is 1. The molecule has 0 aromatic carbocycles. The van der Waals surface area contributed by atoms with Crippen LogP contribution in [-0.4, -0.2) is 27.1 Å². The van der Waals surface area contributed by atoms with Gasteiger partial charge in [0.05, 0.1) is 11.7 Å². The Morgan fingerprint density at radius 3 is 3.00 bits per heavy atom. The number of hydrogen-bond donors (Lipinski definition) is 1. The summed E-state index contributed by atoms with van der Waals surface area (Å²) >= 11 is 0. The summed E-state index contributed by atoms with van der Waals surface area (Å²) in [5, 5.41) is 3.46. The standard InChI is InChI=1S/C15H22N4/c1-11(2)17-8-3-4-15-18-13-10-16-9-7-14(13)19(15)12-5-6-12/h7,9-12,17H,3-6,8H2,1-2H3. The smallest absolute Gasteiger partial charge is 0.110 e. The highest BCUT2D eigenvalue weighted by atomic mass is 15.1. The average Bonchev–Trinajstić information content (AvgIpc) is 3.15. The molecule has 2 heterocycles. The summed E-state index contributed by atoms with van der Waals surface area (Å²) in [7, 11) is 0. The molecule has 0 radical (unpaired) electrons. The molecule has 0 saturated heterocycles. The van der Waals surface area contributed by atoms with Gasteiger partial charge in [-0.3, -0.25) is 4.98 Å². The van der Waals surface area contributed by atoms with Gasteiger partial charge in [-0.05, 0) is 31.9 Å². The maximum Gasteiger partial charge on any atom is 0.110 e. The zero-order valence-corrected chi connectivity index (χ0v) is 11.8. The van der Waals surface area contributed by atoms with Crippen molar-refractivity contribution < 1.29 is 0 Å². The summed E-state index contributed by atoms with van der Waals surface area (Å²) in [6.07, 6.45) is 8.53. The minimum Gasteiger partial charge on any atom is -0.325 e. The van der Waals surface area contributed by atoms with Crippen molar-refractivity contribution in [1.82, 2.24) is 19.9 Å². The third-order valence-electron chi connectivity index (χ3n) is 3.61. The number of aryl methyl sites for hydroxylation is 1. The normalized spacial score (nSPS) is 15.5. The minimum absolute atomic E-state index is 0.562. The van der Waals surface area contributed by atoms with Crippen LogP contribution in [0.3, 0.4) is 0 Å². The Hall–Kier alpha value is -1.42. The fourth-order valence-electron chi connectivity index (χ4n) is 2.55. The number of rotatable bonds is 6. The zero-order chi connectivity index (χ0) is 13.2. The van der Waals surface area contributed by atoms with E-state index < -0.39 is 0 Å². The lowest BCUT2D eigenvalue weighted by molar-refractivity contribution is 0.559. The van der Waals surface area contributed by atoms with Gasteiger partial charge in [0, 0.05) is 24.7 Å². The molecule has 0 atom stereocenters. The summed E-state index contributed by atoms with van der Waals surface area (Å²) in [4.78, 5) is 8.94. The first-order valence-electron chi connectivity index (χ1n) is 7.30. The van der Waals surface area contributed by atoms with E-state index in [-0.39, 0.29) is 0 Å². The second-order valence-corrected chi connectivity index (χ2v) is 5.71. The van der Waals surface area contributed by atoms with Crippen LogP contribution in [0.5, 0.6) is 0 Å². The molecule has 1 N–H and O–H groups in total. The SMILES string of the molecule is CC(C)NCCCc1nc2cnccc2n1C1CC1. The van der Waals surface area contributed by atoms with E-state index in [1.807, 2.05) is 12.4 Å². The topological polar surface area (TPSA) is 42.7 Å². The lowest BCUT2D eigenvalue weighted by Gasteiger charge is -2.09. The van der Waals surface area contributed by atoms with Crippen molar-refractivity contribution in [1.29, 1.82) is 0 Å². The van der Waals surface area contributed by atoms with Gasteiger partial charge >= 0.3 is 0 Å². The van der Waals surface area contributed by atoms with Gasteiger partial charge in [0.25, 0.3) is 0 Å². The Morgan fingerprint density at radius 1 is 1.42 bits per heavy atom. The number of pyridine rings is 1. The van der Waals surface area contributed by atoms with Crippen LogP contribution in [0.2, 0.25) is 0 Å². The highest BCUT2D eigenvalue weighted by Crippen LogP contribution is 2.38. The van der Waals surface area contributed by atoms with Gasteiger partial charge in [0.15, 0.2) is 0 Å². The molecule has 1 saturated carbocycles. The predicted octanol–water partition coefficient (Wildman–Crippen LogP) is 2.70. The van der Waals surface area contributed by atoms with Crippen LogP contribution in [0.15, 0.2) is 18.5 Å². The van der Waals surface area contributed by atoms with Gasteiger partial charge in [-0.15, -0.1) is 0 Å². The Labute approximate surface area is 114 Å². The highest BCUT2D eigenvalue weighted by molar-refractivity contribution is 5.75. The lowest BCUT2D eigenvalue weighted by atomic mass is 10.2. The van der Waals surface area contributed by atoms with Crippen molar-refractivity contribution in [3.05, 3.63) is 24.3 Å². The van der Waals surface area contributed by atoms with Crippen LogP contribution in [0.4, 0.5) is 0 Å². The van der Waals surface area contributed by atoms with Gasteiger partial charge in [0.1, 0.15) is 11.3 Å². The molecule has 1 aliphatic rings. The predicted molar refractivity (Wildman–Crippen MR) is 77.3 cm³/mol. The summed E-state index contributed by atoms with van der Waals surface area (Å²) < 4.78 is 2.44. The van der Waals surface area contributed by atoms with Crippen LogP contribution in [0, 0.1) is 0 Å². The second kappa shape index (κ2) is 5.29. The first-order valence-corrected chi connectivity index (χ1v) is 7.30. The van der Waals surface area contributed by atoms with Gasteiger partial charge in [-0.1, -0.05) is 13.8 Å². The molecule has 0 amide bonds. The molecule has 1 aliphatic carbocycles. The first-order chi connectivity index (χ1) is 9.25. The molecule has 0 spiro atoms. The third kappa shape index (κ3) is 2.78. The summed E-state index contributed by atoms with van der Waals surface area (Å²) in [6, 6.07) is 3.34.